The highest BCUT2D eigenvalue weighted by atomic mass is 32.1. The number of aromatic nitrogens is 2. The van der Waals surface area contributed by atoms with Crippen molar-refractivity contribution in [2.24, 2.45) is 7.05 Å². The van der Waals surface area contributed by atoms with E-state index in [0.29, 0.717) is 0 Å². The van der Waals surface area contributed by atoms with Crippen molar-refractivity contribution >= 4 is 44.7 Å². The molecule has 2 amide bonds. The highest BCUT2D eigenvalue weighted by molar-refractivity contribution is 7.20. The van der Waals surface area contributed by atoms with E-state index < -0.39 is 23.6 Å². The fourth-order valence-corrected chi connectivity index (χ4v) is 3.69. The molecule has 0 fully saturated rings. The number of thiophene rings is 1. The van der Waals surface area contributed by atoms with E-state index in [-0.39, 0.29) is 16.3 Å². The third-order valence-corrected chi connectivity index (χ3v) is 5.01. The Morgan fingerprint density at radius 3 is 2.48 bits per heavy atom. The minimum absolute atomic E-state index is 0.00335. The van der Waals surface area contributed by atoms with Gasteiger partial charge in [-0.1, -0.05) is 0 Å². The van der Waals surface area contributed by atoms with Gasteiger partial charge in [0.15, 0.2) is 0 Å². The number of benzene rings is 1. The van der Waals surface area contributed by atoms with Crippen LogP contribution in [-0.4, -0.2) is 21.6 Å². The molecule has 3 aromatic rings. The van der Waals surface area contributed by atoms with Crippen molar-refractivity contribution in [3.05, 3.63) is 40.4 Å². The van der Waals surface area contributed by atoms with Gasteiger partial charge in [0.1, 0.15) is 4.83 Å². The number of nitrogens with one attached hydrogen (secondary N) is 2. The van der Waals surface area contributed by atoms with Gasteiger partial charge in [0.25, 0.3) is 5.91 Å². The second kappa shape index (κ2) is 6.69. The lowest BCUT2D eigenvalue weighted by Crippen LogP contribution is -2.16. The monoisotopic (exact) mass is 396 g/mol. The third-order valence-electron chi connectivity index (χ3n) is 3.81. The smallest absolute Gasteiger partial charge is 0.326 e. The normalized spacial score (nSPS) is 11.6. The molecule has 0 aliphatic heterocycles. The molecule has 0 unspecified atom stereocenters. The highest BCUT2D eigenvalue weighted by Gasteiger charge is 2.34. The molecule has 1 aromatic carbocycles. The fourth-order valence-electron chi connectivity index (χ4n) is 2.67. The average Bonchev–Trinajstić information content (AvgIpc) is 3.09. The summed E-state index contributed by atoms with van der Waals surface area (Å²) in [4.78, 5) is 24.6. The van der Waals surface area contributed by atoms with E-state index in [2.05, 4.69) is 15.7 Å². The molecule has 27 heavy (non-hydrogen) atoms. The zero-order valence-corrected chi connectivity index (χ0v) is 15.4. The zero-order chi connectivity index (χ0) is 19.9. The SMILES string of the molecule is CC(=O)Nc1ccc(NC(=O)c2cc3c(C)nn(C)c3s2)c(C(F)(F)F)c1. The summed E-state index contributed by atoms with van der Waals surface area (Å²) in [6.45, 7) is 2.99. The van der Waals surface area contributed by atoms with E-state index in [4.69, 9.17) is 0 Å². The summed E-state index contributed by atoms with van der Waals surface area (Å²) in [5.74, 6) is -1.14. The maximum absolute atomic E-state index is 13.4. The molecular weight excluding hydrogens is 381 g/mol. The third kappa shape index (κ3) is 3.80. The minimum Gasteiger partial charge on any atom is -0.326 e. The predicted molar refractivity (Wildman–Crippen MR) is 97.0 cm³/mol. The van der Waals surface area contributed by atoms with Crippen LogP contribution in [0, 0.1) is 6.92 Å². The molecule has 0 spiro atoms. The van der Waals surface area contributed by atoms with Crippen molar-refractivity contribution in [2.45, 2.75) is 20.0 Å². The fraction of sp³-hybridized carbons (Fsp3) is 0.235. The Bertz CT molecular complexity index is 1020. The molecule has 2 heterocycles. The van der Waals surface area contributed by atoms with Crippen molar-refractivity contribution in [1.82, 2.24) is 9.78 Å². The molecule has 2 aromatic heterocycles. The van der Waals surface area contributed by atoms with Gasteiger partial charge < -0.3 is 10.6 Å². The number of aryl methyl sites for hydroxylation is 2. The van der Waals surface area contributed by atoms with E-state index >= 15 is 0 Å². The Labute approximate surface area is 156 Å². The first-order chi connectivity index (χ1) is 12.6. The van der Waals surface area contributed by atoms with Crippen molar-refractivity contribution in [1.29, 1.82) is 0 Å². The van der Waals surface area contributed by atoms with E-state index in [1.165, 1.54) is 13.0 Å². The van der Waals surface area contributed by atoms with Crippen LogP contribution in [0.5, 0.6) is 0 Å². The number of alkyl halides is 3. The van der Waals surface area contributed by atoms with Gasteiger partial charge in [0.05, 0.1) is 21.8 Å². The maximum Gasteiger partial charge on any atom is 0.418 e. The number of carbonyl (C=O) groups is 2. The van der Waals surface area contributed by atoms with Gasteiger partial charge in [-0.25, -0.2) is 0 Å². The summed E-state index contributed by atoms with van der Waals surface area (Å²) in [5.41, 5.74) is -0.690. The van der Waals surface area contributed by atoms with E-state index in [0.717, 1.165) is 39.4 Å². The zero-order valence-electron chi connectivity index (χ0n) is 14.6. The van der Waals surface area contributed by atoms with Gasteiger partial charge in [-0.3, -0.25) is 14.3 Å². The van der Waals surface area contributed by atoms with Crippen LogP contribution in [0.15, 0.2) is 24.3 Å². The summed E-state index contributed by atoms with van der Waals surface area (Å²) >= 11 is 1.15. The van der Waals surface area contributed by atoms with Crippen molar-refractivity contribution in [3.63, 3.8) is 0 Å². The molecule has 0 aliphatic carbocycles. The van der Waals surface area contributed by atoms with Crippen molar-refractivity contribution < 1.29 is 22.8 Å². The lowest BCUT2D eigenvalue weighted by atomic mass is 10.1. The molecule has 0 radical (unpaired) electrons. The summed E-state index contributed by atoms with van der Waals surface area (Å²) in [6.07, 6.45) is -4.70. The minimum atomic E-state index is -4.70. The van der Waals surface area contributed by atoms with Gasteiger partial charge in [-0.2, -0.15) is 18.3 Å². The Kier molecular flexibility index (Phi) is 4.68. The van der Waals surface area contributed by atoms with Gasteiger partial charge in [0, 0.05) is 25.0 Å². The Balaban J connectivity index is 1.94. The number of carbonyl (C=O) groups excluding carboxylic acids is 2. The Morgan fingerprint density at radius 2 is 1.89 bits per heavy atom. The van der Waals surface area contributed by atoms with Crippen LogP contribution in [-0.2, 0) is 18.0 Å². The van der Waals surface area contributed by atoms with Crippen LogP contribution in [0.4, 0.5) is 24.5 Å². The summed E-state index contributed by atoms with van der Waals surface area (Å²) < 4.78 is 41.7. The van der Waals surface area contributed by atoms with Crippen LogP contribution in [0.25, 0.3) is 10.2 Å². The quantitative estimate of drug-likeness (QED) is 0.698. The topological polar surface area (TPSA) is 76.0 Å². The van der Waals surface area contributed by atoms with E-state index in [1.807, 2.05) is 0 Å². The number of halogens is 3. The number of anilines is 2. The van der Waals surface area contributed by atoms with Crippen LogP contribution < -0.4 is 10.6 Å². The molecule has 0 saturated heterocycles. The van der Waals surface area contributed by atoms with Crippen LogP contribution in [0.3, 0.4) is 0 Å². The summed E-state index contributed by atoms with van der Waals surface area (Å²) in [7, 11) is 1.73. The molecular formula is C17H15F3N4O2S. The average molecular weight is 396 g/mol. The van der Waals surface area contributed by atoms with E-state index in [1.54, 1.807) is 24.7 Å². The first-order valence-corrected chi connectivity index (χ1v) is 8.61. The van der Waals surface area contributed by atoms with Gasteiger partial charge in [0.2, 0.25) is 5.91 Å². The van der Waals surface area contributed by atoms with Crippen LogP contribution >= 0.6 is 11.3 Å². The first-order valence-electron chi connectivity index (χ1n) is 7.79. The van der Waals surface area contributed by atoms with Gasteiger partial charge in [-0.05, 0) is 31.2 Å². The molecule has 142 valence electrons. The molecule has 3 rings (SSSR count). The molecule has 0 aliphatic rings. The number of nitrogens with zero attached hydrogens (tertiary/aromatic N) is 2. The number of hydrogen-bond acceptors (Lipinski definition) is 4. The molecule has 0 saturated carbocycles. The number of amides is 2. The van der Waals surface area contributed by atoms with Crippen LogP contribution in [0.1, 0.15) is 27.9 Å². The molecule has 0 bridgehead atoms. The lowest BCUT2D eigenvalue weighted by Gasteiger charge is -2.15. The lowest BCUT2D eigenvalue weighted by molar-refractivity contribution is -0.137. The number of hydrogen-bond donors (Lipinski definition) is 2. The standard InChI is InChI=1S/C17H15F3N4O2S/c1-8-11-7-14(27-16(11)24(3)23-8)15(26)22-13-5-4-10(21-9(2)25)6-12(13)17(18,19)20/h4-7H,1-3H3,(H,21,25)(H,22,26). The number of rotatable bonds is 3. The maximum atomic E-state index is 13.4. The first kappa shape index (κ1) is 18.9. The summed E-state index contributed by atoms with van der Waals surface area (Å²) in [6, 6.07) is 4.81. The molecule has 10 heteroatoms. The Hall–Kier alpha value is -2.88. The Morgan fingerprint density at radius 1 is 1.19 bits per heavy atom. The van der Waals surface area contributed by atoms with Gasteiger partial charge in [-0.15, -0.1) is 11.3 Å². The predicted octanol–water partition coefficient (Wildman–Crippen LogP) is 4.17. The largest absolute Gasteiger partial charge is 0.418 e. The summed E-state index contributed by atoms with van der Waals surface area (Å²) in [5, 5.41) is 9.62. The van der Waals surface area contributed by atoms with Crippen molar-refractivity contribution in [2.75, 3.05) is 10.6 Å². The molecule has 0 atom stereocenters. The molecule has 6 nitrogen and oxygen atoms in total. The van der Waals surface area contributed by atoms with Crippen LogP contribution in [0.2, 0.25) is 0 Å². The van der Waals surface area contributed by atoms with E-state index in [9.17, 15) is 22.8 Å². The second-order valence-electron chi connectivity index (χ2n) is 5.93. The van der Waals surface area contributed by atoms with Crippen molar-refractivity contribution in [3.8, 4) is 0 Å². The van der Waals surface area contributed by atoms with Gasteiger partial charge >= 0.3 is 6.18 Å². The highest BCUT2D eigenvalue weighted by Crippen LogP contribution is 2.37. The number of fused-ring (bicyclic) bond motifs is 1. The second-order valence-corrected chi connectivity index (χ2v) is 6.96. The molecule has 2 N–H and O–H groups in total.